The normalized spacial score (nSPS) is 16.9. The lowest BCUT2D eigenvalue weighted by Gasteiger charge is -2.25. The van der Waals surface area contributed by atoms with E-state index >= 15 is 0 Å². The molecule has 0 spiro atoms. The zero-order valence-electron chi connectivity index (χ0n) is 19.4. The van der Waals surface area contributed by atoms with Gasteiger partial charge in [-0.25, -0.2) is 9.78 Å². The predicted molar refractivity (Wildman–Crippen MR) is 124 cm³/mol. The molecule has 0 amide bonds. The zero-order chi connectivity index (χ0) is 22.5. The number of ether oxygens (including phenoxy) is 1. The number of carbonyl (C=O) groups excluding carboxylic acids is 1. The first kappa shape index (κ1) is 23.2. The highest BCUT2D eigenvalue weighted by atomic mass is 16.5. The van der Waals surface area contributed by atoms with Gasteiger partial charge in [-0.1, -0.05) is 6.92 Å². The molecule has 0 unspecified atom stereocenters. The molecule has 0 aromatic carbocycles. The second-order valence-corrected chi connectivity index (χ2v) is 8.42. The number of pyridine rings is 2. The van der Waals surface area contributed by atoms with Crippen molar-refractivity contribution in [3.05, 3.63) is 33.6 Å². The lowest BCUT2D eigenvalue weighted by atomic mass is 10.1. The molecule has 1 aliphatic rings. The van der Waals surface area contributed by atoms with Crippen molar-refractivity contribution in [1.29, 1.82) is 0 Å². The van der Waals surface area contributed by atoms with Crippen molar-refractivity contribution in [2.75, 3.05) is 52.2 Å². The van der Waals surface area contributed by atoms with Crippen molar-refractivity contribution in [1.82, 2.24) is 19.4 Å². The van der Waals surface area contributed by atoms with Gasteiger partial charge in [0.25, 0.3) is 0 Å². The van der Waals surface area contributed by atoms with Crippen LogP contribution in [0.15, 0.2) is 17.1 Å². The lowest BCUT2D eigenvalue weighted by Crippen LogP contribution is -2.34. The molecule has 3 heterocycles. The number of nitrogens with one attached hydrogen (secondary N) is 1. The third-order valence-corrected chi connectivity index (χ3v) is 5.90. The number of aryl methyl sites for hydroxylation is 1. The van der Waals surface area contributed by atoms with Crippen LogP contribution in [0.4, 0.5) is 5.82 Å². The molecule has 2 aromatic rings. The maximum Gasteiger partial charge on any atom is 0.343 e. The molecule has 1 saturated heterocycles. The van der Waals surface area contributed by atoms with Crippen LogP contribution in [0.1, 0.15) is 42.6 Å². The topological polar surface area (TPSA) is 79.7 Å². The molecule has 1 aliphatic heterocycles. The van der Waals surface area contributed by atoms with Gasteiger partial charge in [-0.2, -0.15) is 0 Å². The van der Waals surface area contributed by atoms with Crippen LogP contribution in [0, 0.1) is 6.92 Å². The fourth-order valence-corrected chi connectivity index (χ4v) is 4.23. The summed E-state index contributed by atoms with van der Waals surface area (Å²) in [4.78, 5) is 35.0. The minimum atomic E-state index is -0.576. The van der Waals surface area contributed by atoms with E-state index in [0.717, 1.165) is 50.4 Å². The van der Waals surface area contributed by atoms with Crippen molar-refractivity contribution in [3.8, 4) is 0 Å². The average Bonchev–Trinajstić information content (AvgIpc) is 3.18. The Morgan fingerprint density at radius 2 is 2.13 bits per heavy atom. The summed E-state index contributed by atoms with van der Waals surface area (Å²) in [5.74, 6) is 0.193. The molecule has 0 bridgehead atoms. The van der Waals surface area contributed by atoms with E-state index < -0.39 is 5.97 Å². The summed E-state index contributed by atoms with van der Waals surface area (Å²) >= 11 is 0. The Balaban J connectivity index is 2.08. The van der Waals surface area contributed by atoms with E-state index in [0.29, 0.717) is 23.6 Å². The molecule has 1 N–H and O–H groups in total. The zero-order valence-corrected chi connectivity index (χ0v) is 19.4. The molecule has 0 aliphatic carbocycles. The minimum Gasteiger partial charge on any atom is -0.462 e. The number of anilines is 1. The molecule has 1 atom stereocenters. The van der Waals surface area contributed by atoms with Gasteiger partial charge in [0.05, 0.1) is 12.0 Å². The van der Waals surface area contributed by atoms with Gasteiger partial charge >= 0.3 is 5.97 Å². The first-order valence-corrected chi connectivity index (χ1v) is 11.2. The summed E-state index contributed by atoms with van der Waals surface area (Å²) in [6, 6.07) is 2.20. The summed E-state index contributed by atoms with van der Waals surface area (Å²) in [7, 11) is 4.05. The van der Waals surface area contributed by atoms with Crippen LogP contribution < -0.4 is 10.7 Å². The van der Waals surface area contributed by atoms with Crippen molar-refractivity contribution in [2.24, 2.45) is 0 Å². The Bertz CT molecular complexity index is 985. The summed E-state index contributed by atoms with van der Waals surface area (Å²) in [6.45, 7) is 10.4. The van der Waals surface area contributed by atoms with Crippen molar-refractivity contribution in [3.63, 3.8) is 0 Å². The smallest absolute Gasteiger partial charge is 0.343 e. The van der Waals surface area contributed by atoms with Crippen LogP contribution in [-0.2, 0) is 11.3 Å². The molecule has 0 radical (unpaired) electrons. The van der Waals surface area contributed by atoms with Gasteiger partial charge in [-0.05, 0) is 65.5 Å². The number of fused-ring (bicyclic) bond motifs is 1. The van der Waals surface area contributed by atoms with Crippen LogP contribution in [0.2, 0.25) is 0 Å². The number of nitrogens with zero attached hydrogens (tertiary/aromatic N) is 4. The molecule has 31 heavy (non-hydrogen) atoms. The van der Waals surface area contributed by atoms with Crippen LogP contribution in [-0.4, -0.2) is 78.2 Å². The van der Waals surface area contributed by atoms with Crippen molar-refractivity contribution < 1.29 is 9.53 Å². The Labute approximate surface area is 184 Å². The minimum absolute atomic E-state index is 0.0740. The molecule has 0 saturated carbocycles. The predicted octanol–water partition coefficient (Wildman–Crippen LogP) is 2.34. The number of likely N-dealkylation sites (tertiary alicyclic amines) is 1. The molecule has 3 rings (SSSR count). The third-order valence-electron chi connectivity index (χ3n) is 5.90. The van der Waals surface area contributed by atoms with E-state index in [9.17, 15) is 9.59 Å². The van der Waals surface area contributed by atoms with Crippen LogP contribution >= 0.6 is 0 Å². The molecule has 2 aromatic heterocycles. The van der Waals surface area contributed by atoms with Crippen LogP contribution in [0.25, 0.3) is 11.0 Å². The average molecular weight is 430 g/mol. The Morgan fingerprint density at radius 3 is 2.81 bits per heavy atom. The molecule has 170 valence electrons. The van der Waals surface area contributed by atoms with E-state index in [1.165, 1.54) is 0 Å². The molecular weight excluding hydrogens is 394 g/mol. The second-order valence-electron chi connectivity index (χ2n) is 8.42. The van der Waals surface area contributed by atoms with Crippen molar-refractivity contribution >= 4 is 22.8 Å². The second kappa shape index (κ2) is 10.2. The summed E-state index contributed by atoms with van der Waals surface area (Å²) < 4.78 is 7.12. The highest BCUT2D eigenvalue weighted by Gasteiger charge is 2.25. The van der Waals surface area contributed by atoms with Gasteiger partial charge in [0.2, 0.25) is 5.43 Å². The molecular formula is C23H35N5O3. The maximum atomic E-state index is 13.1. The molecule has 1 fully saturated rings. The Kier molecular flexibility index (Phi) is 7.67. The number of carbonyl (C=O) groups is 1. The first-order chi connectivity index (χ1) is 14.8. The largest absolute Gasteiger partial charge is 0.462 e. The van der Waals surface area contributed by atoms with E-state index in [1.54, 1.807) is 13.1 Å². The van der Waals surface area contributed by atoms with Gasteiger partial charge in [0.15, 0.2) is 0 Å². The maximum absolute atomic E-state index is 13.1. The van der Waals surface area contributed by atoms with Crippen molar-refractivity contribution in [2.45, 2.75) is 46.2 Å². The SMILES string of the molecule is CCOC(=O)c1cn(C[C@@H]2CCCN2CC)c2nc(NCCN(C)C)c(C)cc2c1=O. The summed E-state index contributed by atoms with van der Waals surface area (Å²) in [5.41, 5.74) is 1.25. The lowest BCUT2D eigenvalue weighted by molar-refractivity contribution is 0.0524. The van der Waals surface area contributed by atoms with E-state index in [4.69, 9.17) is 9.72 Å². The van der Waals surface area contributed by atoms with Gasteiger partial charge < -0.3 is 19.5 Å². The standard InChI is InChI=1S/C23H35N5O3/c1-6-27-11-8-9-17(27)14-28-15-19(23(30)31-7-2)20(29)18-13-16(3)21(25-22(18)28)24-10-12-26(4)5/h13,15,17H,6-12,14H2,1-5H3,(H,24,25)/t17-/m0/s1. The van der Waals surface area contributed by atoms with E-state index in [2.05, 4.69) is 22.0 Å². The van der Waals surface area contributed by atoms with Gasteiger partial charge in [-0.15, -0.1) is 0 Å². The highest BCUT2D eigenvalue weighted by molar-refractivity contribution is 5.93. The van der Waals surface area contributed by atoms with Crippen LogP contribution in [0.3, 0.4) is 0 Å². The van der Waals surface area contributed by atoms with Gasteiger partial charge in [0, 0.05) is 31.9 Å². The first-order valence-electron chi connectivity index (χ1n) is 11.2. The Hall–Kier alpha value is -2.45. The molecule has 8 nitrogen and oxygen atoms in total. The summed E-state index contributed by atoms with van der Waals surface area (Å²) in [6.07, 6.45) is 3.89. The van der Waals surface area contributed by atoms with Gasteiger partial charge in [-0.3, -0.25) is 9.69 Å². The van der Waals surface area contributed by atoms with Gasteiger partial charge in [0.1, 0.15) is 17.0 Å². The number of likely N-dealkylation sites (N-methyl/N-ethyl adjacent to an activating group) is 2. The van der Waals surface area contributed by atoms with E-state index in [1.807, 2.05) is 31.7 Å². The number of hydrogen-bond acceptors (Lipinski definition) is 7. The fourth-order valence-electron chi connectivity index (χ4n) is 4.23. The van der Waals surface area contributed by atoms with E-state index in [-0.39, 0.29) is 17.6 Å². The summed E-state index contributed by atoms with van der Waals surface area (Å²) in [5, 5.41) is 3.84. The highest BCUT2D eigenvalue weighted by Crippen LogP contribution is 2.23. The van der Waals surface area contributed by atoms with Crippen LogP contribution in [0.5, 0.6) is 0 Å². The Morgan fingerprint density at radius 1 is 1.35 bits per heavy atom. The third kappa shape index (κ3) is 5.25. The number of esters is 1. The fraction of sp³-hybridized carbons (Fsp3) is 0.609. The molecule has 8 heteroatoms. The number of aromatic nitrogens is 2. The quantitative estimate of drug-likeness (QED) is 0.613. The number of rotatable bonds is 9. The number of hydrogen-bond donors (Lipinski definition) is 1. The monoisotopic (exact) mass is 429 g/mol.